The summed E-state index contributed by atoms with van der Waals surface area (Å²) in [6.07, 6.45) is -3.13. The van der Waals surface area contributed by atoms with E-state index in [0.717, 1.165) is 12.1 Å². The summed E-state index contributed by atoms with van der Waals surface area (Å²) in [6.45, 7) is 6.59. The molecule has 1 fully saturated rings. The molecule has 0 saturated carbocycles. The van der Waals surface area contributed by atoms with E-state index >= 15 is 0 Å². The number of alkyl halides is 10. The minimum absolute atomic E-state index is 0.0223. The Kier molecular flexibility index (Phi) is 10.9. The van der Waals surface area contributed by atoms with E-state index in [1.54, 1.807) is 0 Å². The van der Waals surface area contributed by atoms with E-state index in [2.05, 4.69) is 14.0 Å². The van der Waals surface area contributed by atoms with Crippen LogP contribution in [0, 0.1) is 5.41 Å². The number of piperidine rings is 1. The van der Waals surface area contributed by atoms with Crippen LogP contribution in [-0.4, -0.2) is 76.6 Å². The van der Waals surface area contributed by atoms with Gasteiger partial charge in [0.25, 0.3) is 19.7 Å². The smallest absolute Gasteiger partial charge is 0.326 e. The van der Waals surface area contributed by atoms with Crippen LogP contribution in [0.15, 0.2) is 45.7 Å². The van der Waals surface area contributed by atoms with Gasteiger partial charge >= 0.3 is 22.9 Å². The second kappa shape index (κ2) is 13.3. The van der Waals surface area contributed by atoms with E-state index in [9.17, 15) is 60.7 Å². The van der Waals surface area contributed by atoms with Crippen molar-refractivity contribution in [3.8, 4) is 0 Å². The van der Waals surface area contributed by atoms with Crippen LogP contribution in [0.4, 0.5) is 43.9 Å². The highest BCUT2D eigenvalue weighted by Gasteiger charge is 2.72. The normalized spacial score (nSPS) is 18.9. The zero-order chi connectivity index (χ0) is 35.9. The molecule has 0 spiro atoms. The Hall–Kier alpha value is -2.73. The third-order valence-corrected chi connectivity index (χ3v) is 12.0. The fraction of sp³-hybridized carbons (Fsp3) is 0.552. The molecule has 1 aliphatic heterocycles. The van der Waals surface area contributed by atoms with Crippen LogP contribution in [0.1, 0.15) is 63.0 Å². The molecule has 264 valence electrons. The number of sulfone groups is 2. The maximum absolute atomic E-state index is 13.9. The third kappa shape index (κ3) is 7.19. The van der Waals surface area contributed by atoms with Crippen LogP contribution in [0.25, 0.3) is 11.6 Å². The van der Waals surface area contributed by atoms with Gasteiger partial charge in [0.2, 0.25) is 0 Å². The molecular weight excluding hydrogens is 694 g/mol. The summed E-state index contributed by atoms with van der Waals surface area (Å²) in [5.41, 5.74) is -3.48. The molecule has 1 N–H and O–H groups in total. The van der Waals surface area contributed by atoms with Crippen LogP contribution in [0.5, 0.6) is 0 Å². The first-order chi connectivity index (χ1) is 21.4. The van der Waals surface area contributed by atoms with Crippen molar-refractivity contribution < 1.29 is 65.2 Å². The van der Waals surface area contributed by atoms with E-state index in [0.29, 0.717) is 0 Å². The lowest BCUT2D eigenvalue weighted by Crippen LogP contribution is -2.48. The van der Waals surface area contributed by atoms with Crippen molar-refractivity contribution >= 4 is 37.0 Å². The van der Waals surface area contributed by atoms with Crippen LogP contribution in [-0.2, 0) is 19.7 Å². The Bertz CT molecular complexity index is 1690. The molecule has 0 amide bonds. The Morgan fingerprint density at radius 3 is 1.79 bits per heavy atom. The van der Waals surface area contributed by atoms with Gasteiger partial charge in [-0.3, -0.25) is 5.41 Å². The van der Waals surface area contributed by atoms with E-state index in [4.69, 9.17) is 5.41 Å². The van der Waals surface area contributed by atoms with Gasteiger partial charge < -0.3 is 4.48 Å². The first-order valence-electron chi connectivity index (χ1n) is 14.5. The van der Waals surface area contributed by atoms with Gasteiger partial charge in [-0.25, -0.2) is 16.8 Å². The molecule has 18 heteroatoms. The Morgan fingerprint density at radius 2 is 1.26 bits per heavy atom. The zero-order valence-corrected chi connectivity index (χ0v) is 26.8. The van der Waals surface area contributed by atoms with Crippen LogP contribution >= 0.6 is 0 Å². The first-order valence-corrected chi connectivity index (χ1v) is 17.4. The van der Waals surface area contributed by atoms with Crippen molar-refractivity contribution in [3.05, 3.63) is 56.9 Å². The number of nitrogens with zero attached hydrogens (tertiary/aromatic N) is 1. The molecule has 6 nitrogen and oxygen atoms in total. The number of hydrogen-bond acceptors (Lipinski definition) is 5. The summed E-state index contributed by atoms with van der Waals surface area (Å²) in [7, 11) is -12.3. The van der Waals surface area contributed by atoms with Crippen molar-refractivity contribution in [2.75, 3.05) is 26.7 Å². The highest BCUT2D eigenvalue weighted by Crippen LogP contribution is 2.52. The average molecular weight is 728 g/mol. The van der Waals surface area contributed by atoms with Gasteiger partial charge in [0.1, 0.15) is 4.91 Å². The van der Waals surface area contributed by atoms with Gasteiger partial charge in [-0.1, -0.05) is 44.0 Å². The van der Waals surface area contributed by atoms with E-state index in [-0.39, 0.29) is 17.2 Å². The molecule has 1 heterocycles. The van der Waals surface area contributed by atoms with Crippen LogP contribution in [0.3, 0.4) is 0 Å². The summed E-state index contributed by atoms with van der Waals surface area (Å²) < 4.78 is 183. The van der Waals surface area contributed by atoms with Crippen molar-refractivity contribution in [2.45, 2.75) is 74.7 Å². The number of allylic oxidation sites excluding steroid dienone is 4. The Balaban J connectivity index is 0.000000386. The SMILES string of the molecule is CCCCCC[N+]1(C)CCCCC1.N=C1C2=Cc3ccccc3C2=CC(S(=O)(=O)C(F)(F)C(F)(F)F)=C1S(=O)(=O)C(F)(F)C(F)(F)F. The van der Waals surface area contributed by atoms with Crippen LogP contribution in [0.2, 0.25) is 0 Å². The van der Waals surface area contributed by atoms with E-state index in [1.165, 1.54) is 87.3 Å². The molecule has 0 atom stereocenters. The fourth-order valence-corrected chi connectivity index (χ4v) is 8.63. The van der Waals surface area contributed by atoms with E-state index < -0.39 is 69.2 Å². The molecule has 47 heavy (non-hydrogen) atoms. The molecule has 0 radical (unpaired) electrons. The lowest BCUT2D eigenvalue weighted by atomic mass is 9.95. The van der Waals surface area contributed by atoms with E-state index in [1.807, 2.05) is 0 Å². The van der Waals surface area contributed by atoms with Gasteiger partial charge in [0, 0.05) is 5.57 Å². The van der Waals surface area contributed by atoms with Gasteiger partial charge in [-0.05, 0) is 61.0 Å². The highest BCUT2D eigenvalue weighted by atomic mass is 32.2. The number of unbranched alkanes of at least 4 members (excludes halogenated alkanes) is 3. The summed E-state index contributed by atoms with van der Waals surface area (Å²) in [5, 5.41) is -5.85. The molecule has 0 unspecified atom stereocenters. The van der Waals surface area contributed by atoms with Crippen molar-refractivity contribution in [2.24, 2.45) is 0 Å². The largest absolute Gasteiger partial charge is 0.469 e. The third-order valence-electron chi connectivity index (χ3n) is 8.18. The minimum atomic E-state index is -7.40. The lowest BCUT2D eigenvalue weighted by molar-refractivity contribution is -0.914. The van der Waals surface area contributed by atoms with Crippen molar-refractivity contribution in [1.82, 2.24) is 0 Å². The first kappa shape index (κ1) is 38.7. The maximum Gasteiger partial charge on any atom is 0.469 e. The molecule has 0 bridgehead atoms. The summed E-state index contributed by atoms with van der Waals surface area (Å²) >= 11 is 0. The van der Waals surface area contributed by atoms with Crippen molar-refractivity contribution in [3.63, 3.8) is 0 Å². The highest BCUT2D eigenvalue weighted by molar-refractivity contribution is 8.01. The zero-order valence-electron chi connectivity index (χ0n) is 25.2. The van der Waals surface area contributed by atoms with Crippen LogP contribution < -0.4 is 0 Å². The topological polar surface area (TPSA) is 92.1 Å². The fourth-order valence-electron chi connectivity index (χ4n) is 5.51. The predicted molar refractivity (Wildman–Crippen MR) is 156 cm³/mol. The molecule has 2 aliphatic carbocycles. The predicted octanol–water partition coefficient (Wildman–Crippen LogP) is 8.05. The Morgan fingerprint density at radius 1 is 0.723 bits per heavy atom. The number of hydrogen-bond donors (Lipinski definition) is 1. The number of rotatable bonds is 9. The number of halogens is 10. The standard InChI is InChI=1S/C17H7F10NO4S2.C12H26N/c18-14(19,20)16(24,25)33(29,30)11-6-9-8-4-2-1-3-7(8)5-10(9)12(28)13(11)34(31,32)17(26,27)15(21,22)23;1-3-4-5-7-10-13(2)11-8-6-9-12-13/h1-6,28H;3-12H2,1-2H3/q;+1. The van der Waals surface area contributed by atoms with Gasteiger partial charge in [-0.2, -0.15) is 43.9 Å². The second-order valence-electron chi connectivity index (χ2n) is 11.7. The number of quaternary nitrogens is 1. The number of benzene rings is 1. The summed E-state index contributed by atoms with van der Waals surface area (Å²) in [6, 6.07) is 4.95. The number of fused-ring (bicyclic) bond motifs is 3. The molecule has 1 aromatic rings. The monoisotopic (exact) mass is 727 g/mol. The summed E-state index contributed by atoms with van der Waals surface area (Å²) in [4.78, 5) is -5.57. The molecule has 1 saturated heterocycles. The molecule has 3 aliphatic rings. The quantitative estimate of drug-likeness (QED) is 0.158. The van der Waals surface area contributed by atoms with Crippen molar-refractivity contribution in [1.29, 1.82) is 5.41 Å². The lowest BCUT2D eigenvalue weighted by Gasteiger charge is -2.37. The number of nitrogens with one attached hydrogen (secondary N) is 1. The van der Waals surface area contributed by atoms with Gasteiger partial charge in [0.05, 0.1) is 37.3 Å². The van der Waals surface area contributed by atoms with Gasteiger partial charge in [-0.15, -0.1) is 0 Å². The second-order valence-corrected chi connectivity index (χ2v) is 15.6. The molecule has 0 aromatic heterocycles. The summed E-state index contributed by atoms with van der Waals surface area (Å²) in [5.74, 6) is 0. The maximum atomic E-state index is 13.9. The molecule has 4 rings (SSSR count). The number of likely N-dealkylation sites (tertiary alicyclic amines) is 1. The van der Waals surface area contributed by atoms with Gasteiger partial charge in [0.15, 0.2) is 0 Å². The molecule has 1 aromatic carbocycles. The molecular formula is C29H33F10N2O4S2+. The average Bonchev–Trinajstić information content (AvgIpc) is 3.34. The Labute approximate surface area is 265 Å². The minimum Gasteiger partial charge on any atom is -0.326 e.